The van der Waals surface area contributed by atoms with Gasteiger partial charge >= 0.3 is 0 Å². The topological polar surface area (TPSA) is 61.4 Å². The molecular formula is C22H27N3O2. The number of amides is 2. The van der Waals surface area contributed by atoms with Gasteiger partial charge in [-0.15, -0.1) is 0 Å². The largest absolute Gasteiger partial charge is 0.338 e. The van der Waals surface area contributed by atoms with Gasteiger partial charge in [0.05, 0.1) is 5.92 Å². The number of piperidine rings is 1. The van der Waals surface area contributed by atoms with Crippen LogP contribution in [0, 0.1) is 12.8 Å². The zero-order valence-corrected chi connectivity index (χ0v) is 16.0. The quantitative estimate of drug-likeness (QED) is 0.855. The molecule has 0 aliphatic carbocycles. The zero-order valence-electron chi connectivity index (χ0n) is 16.0. The lowest BCUT2D eigenvalue weighted by Crippen LogP contribution is -2.43. The monoisotopic (exact) mass is 365 g/mol. The fraction of sp³-hybridized carbons (Fsp3) is 0.364. The molecule has 1 fully saturated rings. The second-order valence-electron chi connectivity index (χ2n) is 7.18. The summed E-state index contributed by atoms with van der Waals surface area (Å²) < 4.78 is 0. The van der Waals surface area contributed by atoms with Crippen LogP contribution in [0.4, 0.5) is 5.69 Å². The molecule has 0 aromatic heterocycles. The minimum atomic E-state index is -0.180. The van der Waals surface area contributed by atoms with Crippen LogP contribution in [0.15, 0.2) is 48.5 Å². The molecule has 1 aliphatic heterocycles. The Morgan fingerprint density at radius 3 is 2.67 bits per heavy atom. The fourth-order valence-corrected chi connectivity index (χ4v) is 3.46. The summed E-state index contributed by atoms with van der Waals surface area (Å²) in [5, 5.41) is 6.12. The molecule has 1 saturated heterocycles. The molecule has 0 bridgehead atoms. The second-order valence-corrected chi connectivity index (χ2v) is 7.18. The maximum Gasteiger partial charge on any atom is 0.253 e. The number of anilines is 1. The summed E-state index contributed by atoms with van der Waals surface area (Å²) in [5.41, 5.74) is 3.73. The molecule has 2 amide bonds. The molecule has 3 rings (SSSR count). The fourth-order valence-electron chi connectivity index (χ4n) is 3.46. The smallest absolute Gasteiger partial charge is 0.253 e. The molecule has 2 aromatic carbocycles. The van der Waals surface area contributed by atoms with Gasteiger partial charge in [-0.1, -0.05) is 29.8 Å². The lowest BCUT2D eigenvalue weighted by Gasteiger charge is -2.32. The van der Waals surface area contributed by atoms with Crippen LogP contribution in [0.5, 0.6) is 0 Å². The molecule has 2 aromatic rings. The molecule has 5 heteroatoms. The lowest BCUT2D eigenvalue weighted by molar-refractivity contribution is -0.121. The molecule has 142 valence electrons. The highest BCUT2D eigenvalue weighted by Crippen LogP contribution is 2.21. The molecule has 1 unspecified atom stereocenters. The van der Waals surface area contributed by atoms with Crippen molar-refractivity contribution >= 4 is 17.5 Å². The number of hydrogen-bond donors (Lipinski definition) is 2. The summed E-state index contributed by atoms with van der Waals surface area (Å²) in [4.78, 5) is 27.3. The number of rotatable bonds is 5. The molecule has 0 saturated carbocycles. The van der Waals surface area contributed by atoms with E-state index in [9.17, 15) is 9.59 Å². The molecule has 2 N–H and O–H groups in total. The van der Waals surface area contributed by atoms with E-state index in [1.54, 1.807) is 4.90 Å². The van der Waals surface area contributed by atoms with Gasteiger partial charge < -0.3 is 15.5 Å². The van der Waals surface area contributed by atoms with Crippen molar-refractivity contribution in [2.24, 2.45) is 5.92 Å². The summed E-state index contributed by atoms with van der Waals surface area (Å²) in [6.07, 6.45) is 1.65. The SMILES string of the molecule is CNCc1cccc(NC(=O)C2CCCN(C(=O)c3ccc(C)cc3)C2)c1. The maximum absolute atomic E-state index is 12.7. The van der Waals surface area contributed by atoms with Crippen molar-refractivity contribution in [3.05, 3.63) is 65.2 Å². The highest BCUT2D eigenvalue weighted by Gasteiger charge is 2.29. The van der Waals surface area contributed by atoms with Gasteiger partial charge in [0, 0.05) is 30.9 Å². The van der Waals surface area contributed by atoms with Crippen LogP contribution in [-0.4, -0.2) is 36.9 Å². The highest BCUT2D eigenvalue weighted by molar-refractivity contribution is 5.96. The summed E-state index contributed by atoms with van der Waals surface area (Å²) in [5.74, 6) is -0.192. The van der Waals surface area contributed by atoms with E-state index in [1.807, 2.05) is 62.5 Å². The zero-order chi connectivity index (χ0) is 19.2. The molecule has 1 heterocycles. The first-order valence-corrected chi connectivity index (χ1v) is 9.47. The van der Waals surface area contributed by atoms with Crippen LogP contribution in [0.2, 0.25) is 0 Å². The van der Waals surface area contributed by atoms with Gasteiger partial charge in [-0.05, 0) is 56.6 Å². The Hall–Kier alpha value is -2.66. The highest BCUT2D eigenvalue weighted by atomic mass is 16.2. The molecule has 27 heavy (non-hydrogen) atoms. The Bertz CT molecular complexity index is 801. The van der Waals surface area contributed by atoms with Crippen molar-refractivity contribution in [2.45, 2.75) is 26.3 Å². The average Bonchev–Trinajstić information content (AvgIpc) is 2.69. The van der Waals surface area contributed by atoms with E-state index < -0.39 is 0 Å². The summed E-state index contributed by atoms with van der Waals surface area (Å²) in [6.45, 7) is 3.93. The van der Waals surface area contributed by atoms with E-state index in [0.717, 1.165) is 36.2 Å². The first kappa shape index (κ1) is 19.1. The minimum absolute atomic E-state index is 0.00326. The number of benzene rings is 2. The normalized spacial score (nSPS) is 16.8. The molecule has 0 radical (unpaired) electrons. The first-order valence-electron chi connectivity index (χ1n) is 9.47. The molecule has 5 nitrogen and oxygen atoms in total. The minimum Gasteiger partial charge on any atom is -0.338 e. The summed E-state index contributed by atoms with van der Waals surface area (Å²) >= 11 is 0. The second kappa shape index (κ2) is 8.82. The van der Waals surface area contributed by atoms with Gasteiger partial charge in [0.25, 0.3) is 5.91 Å². The summed E-state index contributed by atoms with van der Waals surface area (Å²) in [7, 11) is 1.90. The van der Waals surface area contributed by atoms with Crippen molar-refractivity contribution in [2.75, 3.05) is 25.5 Å². The predicted molar refractivity (Wildman–Crippen MR) is 108 cm³/mol. The number of carbonyl (C=O) groups excluding carboxylic acids is 2. The molecule has 1 atom stereocenters. The van der Waals surface area contributed by atoms with Gasteiger partial charge in [-0.2, -0.15) is 0 Å². The Kier molecular flexibility index (Phi) is 6.24. The number of carbonyl (C=O) groups is 2. The number of nitrogens with one attached hydrogen (secondary N) is 2. The van der Waals surface area contributed by atoms with Crippen molar-refractivity contribution in [1.82, 2.24) is 10.2 Å². The standard InChI is InChI=1S/C22H27N3O2/c1-16-8-10-18(11-9-16)22(27)25-12-4-6-19(15-25)21(26)24-20-7-3-5-17(13-20)14-23-2/h3,5,7-11,13,19,23H,4,6,12,14-15H2,1-2H3,(H,24,26). The number of nitrogens with zero attached hydrogens (tertiary/aromatic N) is 1. The van der Waals surface area contributed by atoms with Crippen molar-refractivity contribution in [3.63, 3.8) is 0 Å². The maximum atomic E-state index is 12.7. The van der Waals surface area contributed by atoms with Gasteiger partial charge in [0.2, 0.25) is 5.91 Å². The number of aryl methyl sites for hydroxylation is 1. The van der Waals surface area contributed by atoms with E-state index in [-0.39, 0.29) is 17.7 Å². The third kappa shape index (κ3) is 4.95. The number of hydrogen-bond acceptors (Lipinski definition) is 3. The van der Waals surface area contributed by atoms with E-state index in [4.69, 9.17) is 0 Å². The third-order valence-electron chi connectivity index (χ3n) is 4.95. The molecule has 1 aliphatic rings. The Morgan fingerprint density at radius 2 is 1.93 bits per heavy atom. The third-order valence-corrected chi connectivity index (χ3v) is 4.95. The molecule has 0 spiro atoms. The van der Waals surface area contributed by atoms with Crippen LogP contribution in [0.3, 0.4) is 0 Å². The first-order chi connectivity index (χ1) is 13.1. The van der Waals surface area contributed by atoms with Crippen LogP contribution in [0.25, 0.3) is 0 Å². The van der Waals surface area contributed by atoms with Gasteiger partial charge in [-0.3, -0.25) is 9.59 Å². The predicted octanol–water partition coefficient (Wildman–Crippen LogP) is 3.21. The van der Waals surface area contributed by atoms with Gasteiger partial charge in [0.15, 0.2) is 0 Å². The van der Waals surface area contributed by atoms with Gasteiger partial charge in [0.1, 0.15) is 0 Å². The van der Waals surface area contributed by atoms with Crippen LogP contribution < -0.4 is 10.6 Å². The Morgan fingerprint density at radius 1 is 1.15 bits per heavy atom. The molecular weight excluding hydrogens is 338 g/mol. The van der Waals surface area contributed by atoms with E-state index in [2.05, 4.69) is 10.6 Å². The van der Waals surface area contributed by atoms with E-state index in [0.29, 0.717) is 18.7 Å². The number of likely N-dealkylation sites (tertiary alicyclic amines) is 1. The summed E-state index contributed by atoms with van der Waals surface area (Å²) in [6, 6.07) is 15.4. The van der Waals surface area contributed by atoms with Crippen LogP contribution in [0.1, 0.15) is 34.3 Å². The van der Waals surface area contributed by atoms with Crippen molar-refractivity contribution in [1.29, 1.82) is 0 Å². The Labute approximate surface area is 160 Å². The van der Waals surface area contributed by atoms with E-state index in [1.165, 1.54) is 0 Å². The van der Waals surface area contributed by atoms with Crippen molar-refractivity contribution < 1.29 is 9.59 Å². The van der Waals surface area contributed by atoms with Crippen molar-refractivity contribution in [3.8, 4) is 0 Å². The lowest BCUT2D eigenvalue weighted by atomic mass is 9.96. The average molecular weight is 365 g/mol. The van der Waals surface area contributed by atoms with E-state index >= 15 is 0 Å². The van der Waals surface area contributed by atoms with Crippen LogP contribution in [-0.2, 0) is 11.3 Å². The van der Waals surface area contributed by atoms with Gasteiger partial charge in [-0.25, -0.2) is 0 Å². The Balaban J connectivity index is 1.63. The van der Waals surface area contributed by atoms with Crippen LogP contribution >= 0.6 is 0 Å².